The van der Waals surface area contributed by atoms with Gasteiger partial charge >= 0.3 is 11.9 Å². The molecule has 0 saturated carbocycles. The maximum Gasteiger partial charge on any atom is 0.328 e. The molecule has 14 heteroatoms. The number of imidazole rings is 1. The van der Waals surface area contributed by atoms with Crippen molar-refractivity contribution in [1.29, 1.82) is 0 Å². The van der Waals surface area contributed by atoms with Crippen LogP contribution in [0.2, 0.25) is 0 Å². The Morgan fingerprint density at radius 3 is 1.92 bits per heavy atom. The molecule has 0 saturated heterocycles. The topological polar surface area (TPSA) is 197 Å². The molecule has 6 rings (SSSR count). The number of hydrogen-bond donors (Lipinski definition) is 5. The molecule has 0 spiro atoms. The molecule has 4 aromatic heterocycles. The first kappa shape index (κ1) is 41.8. The van der Waals surface area contributed by atoms with Crippen molar-refractivity contribution in [3.63, 3.8) is 0 Å². The van der Waals surface area contributed by atoms with Crippen LogP contribution in [0.1, 0.15) is 97.2 Å². The number of carbonyl (C=O) groups is 4. The minimum Gasteiger partial charge on any atom is -0.467 e. The Morgan fingerprint density at radius 1 is 0.780 bits per heavy atom. The quantitative estimate of drug-likeness (QED) is 0.0791. The van der Waals surface area contributed by atoms with Gasteiger partial charge in [0, 0.05) is 64.3 Å². The Morgan fingerprint density at radius 2 is 1.36 bits per heavy atom. The van der Waals surface area contributed by atoms with E-state index in [4.69, 9.17) is 19.4 Å². The van der Waals surface area contributed by atoms with Crippen LogP contribution in [0, 0.1) is 13.8 Å². The highest BCUT2D eigenvalue weighted by Crippen LogP contribution is 2.38. The molecule has 14 nitrogen and oxygen atoms in total. The highest BCUT2D eigenvalue weighted by Gasteiger charge is 2.25. The fourth-order valence-corrected chi connectivity index (χ4v) is 7.47. The summed E-state index contributed by atoms with van der Waals surface area (Å²) >= 11 is 0. The molecule has 2 amide bonds. The normalized spacial score (nSPS) is 12.9. The zero-order valence-electron chi connectivity index (χ0n) is 34.4. The van der Waals surface area contributed by atoms with E-state index in [-0.39, 0.29) is 37.7 Å². The SMILES string of the molecule is C=Cc1c(C)c2cc3[nH]c(cc4nc(cc5nc(cc1[nH]2)C(C)=C5CCC(=O)NCC(=O)NC(Cc1cnc[nH]1)C(=O)OC)C(CCC(=O)OCC)=C4C)c(C)c3C=C. The molecule has 59 heavy (non-hydrogen) atoms. The van der Waals surface area contributed by atoms with Crippen molar-refractivity contribution >= 4 is 80.3 Å². The first-order valence-electron chi connectivity index (χ1n) is 19.5. The molecule has 0 aliphatic carbocycles. The van der Waals surface area contributed by atoms with Gasteiger partial charge in [0.2, 0.25) is 11.8 Å². The number of aryl methyl sites for hydroxylation is 2. The maximum absolute atomic E-state index is 13.3. The van der Waals surface area contributed by atoms with E-state index in [0.29, 0.717) is 42.2 Å². The van der Waals surface area contributed by atoms with E-state index in [1.807, 2.05) is 58.0 Å². The summed E-state index contributed by atoms with van der Waals surface area (Å²) in [5.74, 6) is -1.82. The fourth-order valence-electron chi connectivity index (χ4n) is 7.47. The predicted octanol–water partition coefficient (Wildman–Crippen LogP) is 6.94. The number of hydrogen-bond acceptors (Lipinski definition) is 9. The van der Waals surface area contributed by atoms with E-state index >= 15 is 0 Å². The number of allylic oxidation sites excluding steroid dienone is 4. The van der Waals surface area contributed by atoms with Crippen LogP contribution in [-0.4, -0.2) is 80.0 Å². The van der Waals surface area contributed by atoms with Crippen LogP contribution >= 0.6 is 0 Å². The standard InChI is InChI=1S/C45H50N8O6/c1-9-29-24(4)33-17-34-27(7)32(13-15-44(56)59-11-3)40(51-34)20-39-31(26(6)36(52-39)19-38-30(10-2)25(5)35(50-38)18-37(29)49-33)12-14-42(54)47-22-43(55)53-41(45(57)58-8)16-28-21-46-23-48-28/h9-10,17-21,23,41,49-50H,1-2,11-16,22H2,3-8H3,(H,46,48)(H,47,54)(H,53,55). The number of H-pyrrole nitrogens is 3. The number of nitrogens with zero attached hydrogens (tertiary/aromatic N) is 3. The van der Waals surface area contributed by atoms with Crippen LogP contribution in [0.25, 0.3) is 56.5 Å². The Labute approximate surface area is 342 Å². The van der Waals surface area contributed by atoms with Gasteiger partial charge in [-0.1, -0.05) is 25.3 Å². The van der Waals surface area contributed by atoms with Crippen LogP contribution in [-0.2, 0) is 35.1 Å². The average molecular weight is 799 g/mol. The van der Waals surface area contributed by atoms with Gasteiger partial charge in [0.05, 0.1) is 49.4 Å². The summed E-state index contributed by atoms with van der Waals surface area (Å²) < 4.78 is 10.1. The van der Waals surface area contributed by atoms with Gasteiger partial charge in [-0.25, -0.2) is 19.7 Å². The third kappa shape index (κ3) is 9.17. The molecule has 6 heterocycles. The minimum absolute atomic E-state index is 0.0509. The lowest BCUT2D eigenvalue weighted by atomic mass is 9.98. The van der Waals surface area contributed by atoms with Crippen LogP contribution in [0.5, 0.6) is 0 Å². The van der Waals surface area contributed by atoms with Crippen LogP contribution in [0.3, 0.4) is 0 Å². The van der Waals surface area contributed by atoms with Crippen molar-refractivity contribution in [2.45, 2.75) is 72.8 Å². The number of rotatable bonds is 15. The summed E-state index contributed by atoms with van der Waals surface area (Å²) in [5.41, 5.74) is 14.4. The van der Waals surface area contributed by atoms with Gasteiger partial charge in [0.1, 0.15) is 6.04 Å². The smallest absolute Gasteiger partial charge is 0.328 e. The molecule has 0 fully saturated rings. The van der Waals surface area contributed by atoms with Gasteiger partial charge in [-0.2, -0.15) is 0 Å². The number of esters is 2. The zero-order chi connectivity index (χ0) is 42.4. The lowest BCUT2D eigenvalue weighted by Crippen LogP contribution is -2.47. The number of carbonyl (C=O) groups excluding carboxylic acids is 4. The van der Waals surface area contributed by atoms with Gasteiger partial charge in [-0.3, -0.25) is 14.4 Å². The monoisotopic (exact) mass is 798 g/mol. The van der Waals surface area contributed by atoms with E-state index < -0.39 is 17.9 Å². The summed E-state index contributed by atoms with van der Waals surface area (Å²) in [6, 6.07) is 7.03. The number of aromatic nitrogens is 6. The summed E-state index contributed by atoms with van der Waals surface area (Å²) in [4.78, 5) is 75.3. The molecule has 8 bridgehead atoms. The third-order valence-electron chi connectivity index (χ3n) is 10.8. The lowest BCUT2D eigenvalue weighted by molar-refractivity contribution is -0.145. The summed E-state index contributed by atoms with van der Waals surface area (Å²) in [6.07, 6.45) is 7.78. The van der Waals surface area contributed by atoms with Crippen molar-refractivity contribution in [3.05, 3.63) is 101 Å². The van der Waals surface area contributed by atoms with Crippen molar-refractivity contribution < 1.29 is 28.7 Å². The zero-order valence-corrected chi connectivity index (χ0v) is 34.4. The largest absolute Gasteiger partial charge is 0.467 e. The second-order valence-electron chi connectivity index (χ2n) is 14.4. The third-order valence-corrected chi connectivity index (χ3v) is 10.8. The molecule has 0 aromatic carbocycles. The van der Waals surface area contributed by atoms with E-state index in [1.165, 1.54) is 13.4 Å². The fraction of sp³-hybridized carbons (Fsp3) is 0.311. The van der Waals surface area contributed by atoms with Gasteiger partial charge in [-0.05, 0) is 105 Å². The minimum atomic E-state index is -0.962. The number of aromatic amines is 3. The van der Waals surface area contributed by atoms with E-state index in [2.05, 4.69) is 49.8 Å². The van der Waals surface area contributed by atoms with Crippen molar-refractivity contribution in [2.75, 3.05) is 20.3 Å². The number of ether oxygens (including phenoxy) is 2. The lowest BCUT2D eigenvalue weighted by Gasteiger charge is -2.16. The molecule has 4 aromatic rings. The molecule has 2 aliphatic heterocycles. The summed E-state index contributed by atoms with van der Waals surface area (Å²) in [5, 5.41) is 5.31. The van der Waals surface area contributed by atoms with E-state index in [9.17, 15) is 19.2 Å². The number of amides is 2. The maximum atomic E-state index is 13.3. The second kappa shape index (κ2) is 18.2. The molecule has 1 atom stereocenters. The highest BCUT2D eigenvalue weighted by molar-refractivity contribution is 5.97. The molecule has 5 N–H and O–H groups in total. The van der Waals surface area contributed by atoms with Crippen molar-refractivity contribution in [2.24, 2.45) is 0 Å². The Hall–Kier alpha value is -6.83. The molecule has 1 unspecified atom stereocenters. The molecular weight excluding hydrogens is 749 g/mol. The number of nitrogens with one attached hydrogen (secondary N) is 5. The number of fused-ring (bicyclic) bond motifs is 8. The predicted molar refractivity (Wildman–Crippen MR) is 230 cm³/mol. The first-order valence-corrected chi connectivity index (χ1v) is 19.5. The molecule has 2 aliphatic rings. The number of methoxy groups -OCH3 is 1. The Balaban J connectivity index is 1.38. The van der Waals surface area contributed by atoms with Crippen LogP contribution in [0.4, 0.5) is 0 Å². The summed E-state index contributed by atoms with van der Waals surface area (Å²) in [6.45, 7) is 18.0. The van der Waals surface area contributed by atoms with E-state index in [1.54, 1.807) is 13.1 Å². The summed E-state index contributed by atoms with van der Waals surface area (Å²) in [7, 11) is 1.24. The Kier molecular flexibility index (Phi) is 12.9. The van der Waals surface area contributed by atoms with Gasteiger partial charge in [-0.15, -0.1) is 0 Å². The molecular formula is C45H50N8O6. The Bertz CT molecular complexity index is 2570. The van der Waals surface area contributed by atoms with Gasteiger partial charge < -0.3 is 35.1 Å². The van der Waals surface area contributed by atoms with Gasteiger partial charge in [0.25, 0.3) is 0 Å². The second-order valence-corrected chi connectivity index (χ2v) is 14.4. The van der Waals surface area contributed by atoms with Crippen LogP contribution in [0.15, 0.2) is 49.9 Å². The van der Waals surface area contributed by atoms with Crippen molar-refractivity contribution in [3.8, 4) is 0 Å². The van der Waals surface area contributed by atoms with Gasteiger partial charge in [0.15, 0.2) is 0 Å². The van der Waals surface area contributed by atoms with Crippen LogP contribution < -0.4 is 10.6 Å². The average Bonchev–Trinajstić information content (AvgIpc) is 4.02. The van der Waals surface area contributed by atoms with E-state index in [0.717, 1.165) is 72.3 Å². The first-order chi connectivity index (χ1) is 28.3. The highest BCUT2D eigenvalue weighted by atomic mass is 16.5. The molecule has 0 radical (unpaired) electrons. The molecule has 306 valence electrons. The van der Waals surface area contributed by atoms with Crippen molar-refractivity contribution in [1.82, 2.24) is 40.5 Å².